The summed E-state index contributed by atoms with van der Waals surface area (Å²) in [6.07, 6.45) is 0. The molecule has 0 amide bonds. The molecule has 9 aromatic carbocycles. The lowest BCUT2D eigenvalue weighted by Crippen LogP contribution is -2.02. The molecule has 0 radical (unpaired) electrons. The van der Waals surface area contributed by atoms with E-state index >= 15 is 0 Å². The lowest BCUT2D eigenvalue weighted by molar-refractivity contribution is 1.07. The van der Waals surface area contributed by atoms with E-state index in [1.807, 2.05) is 60.7 Å². The van der Waals surface area contributed by atoms with Crippen molar-refractivity contribution in [2.75, 3.05) is 0 Å². The van der Waals surface area contributed by atoms with Crippen LogP contribution in [0, 0.1) is 0 Å². The summed E-state index contributed by atoms with van der Waals surface area (Å²) in [5.74, 6) is 0.977. The molecule has 0 fully saturated rings. The van der Waals surface area contributed by atoms with Crippen LogP contribution < -0.4 is 0 Å². The average Bonchev–Trinajstić information content (AvgIpc) is 3.96. The Balaban J connectivity index is 1.31. The van der Waals surface area contributed by atoms with Gasteiger partial charge in [0, 0.05) is 64.1 Å². The van der Waals surface area contributed by atoms with E-state index in [1.54, 1.807) is 22.8 Å². The number of hydrogen-bond donors (Lipinski definition) is 0. The average molecular weight is 771 g/mol. The maximum atomic E-state index is 9.61. The van der Waals surface area contributed by atoms with Gasteiger partial charge in [-0.2, -0.15) is 0 Å². The summed E-state index contributed by atoms with van der Waals surface area (Å²) in [6.45, 7) is 0. The molecule has 3 heterocycles. The van der Waals surface area contributed by atoms with Gasteiger partial charge in [0.1, 0.15) is 0 Å². The molecule has 0 unspecified atom stereocenters. The third-order valence-corrected chi connectivity index (χ3v) is 11.6. The van der Waals surface area contributed by atoms with Gasteiger partial charge in [0.05, 0.1) is 35.9 Å². The Morgan fingerprint density at radius 1 is 0.431 bits per heavy atom. The topological polar surface area (TPSA) is 43.6 Å². The molecular formula is C53H32N4S. The Labute approximate surface area is 357 Å². The van der Waals surface area contributed by atoms with Gasteiger partial charge in [-0.15, -0.1) is 11.3 Å². The quantitative estimate of drug-likeness (QED) is 0.164. The van der Waals surface area contributed by atoms with Crippen LogP contribution in [0.15, 0.2) is 194 Å². The van der Waals surface area contributed by atoms with Crippen molar-refractivity contribution in [3.05, 3.63) is 194 Å². The predicted molar refractivity (Wildman–Crippen MR) is 244 cm³/mol. The van der Waals surface area contributed by atoms with Gasteiger partial charge >= 0.3 is 0 Å². The monoisotopic (exact) mass is 770 g/mol. The standard InChI is InChI=1S/C53H32N4S/c1-3-16-33(17-4-1)51-54-52(34-18-5-2-6-19-34)56-53(55-51)35-30-31-46(44(32-35)42-27-15-26-41-38-22-12-14-29-47(38)58-50(41)42)57-45-28-13-11-25-43(45)48-39-23-9-7-20-36(39)37-21-8-10-24-40(37)49(48)57/h1-32H/i7D,8D,9D,10D,11D,12D,15D,22D,23D,24D,25D,26D,28D,29D. The fourth-order valence-corrected chi connectivity index (χ4v) is 9.02. The van der Waals surface area contributed by atoms with Gasteiger partial charge in [0.25, 0.3) is 0 Å². The van der Waals surface area contributed by atoms with E-state index in [1.165, 1.54) is 30.3 Å². The molecule has 0 aliphatic rings. The van der Waals surface area contributed by atoms with E-state index in [0.29, 0.717) is 48.9 Å². The van der Waals surface area contributed by atoms with Crippen LogP contribution in [0.5, 0.6) is 0 Å². The first-order valence-electron chi connectivity index (χ1n) is 25.4. The van der Waals surface area contributed by atoms with Gasteiger partial charge in [-0.1, -0.05) is 164 Å². The highest BCUT2D eigenvalue weighted by Gasteiger charge is 2.23. The summed E-state index contributed by atoms with van der Waals surface area (Å²) in [6, 6.07) is 26.6. The van der Waals surface area contributed by atoms with E-state index < -0.39 is 24.2 Å². The number of benzene rings is 9. The summed E-state index contributed by atoms with van der Waals surface area (Å²) in [7, 11) is 0. The van der Waals surface area contributed by atoms with Crippen LogP contribution in [0.25, 0.3) is 115 Å². The minimum absolute atomic E-state index is 0.0313. The minimum atomic E-state index is -0.440. The number of thiophene rings is 1. The highest BCUT2D eigenvalue weighted by atomic mass is 32.1. The Bertz CT molecular complexity index is 4330. The minimum Gasteiger partial charge on any atom is -0.308 e. The maximum absolute atomic E-state index is 9.61. The predicted octanol–water partition coefficient (Wildman–Crippen LogP) is 14.3. The van der Waals surface area contributed by atoms with Crippen molar-refractivity contribution in [1.29, 1.82) is 0 Å². The van der Waals surface area contributed by atoms with Gasteiger partial charge in [-0.3, -0.25) is 0 Å². The molecule has 3 aromatic heterocycles. The van der Waals surface area contributed by atoms with Crippen molar-refractivity contribution < 1.29 is 19.2 Å². The summed E-state index contributed by atoms with van der Waals surface area (Å²) >= 11 is 1.12. The molecule has 0 bridgehead atoms. The van der Waals surface area contributed by atoms with Crippen LogP contribution in [-0.4, -0.2) is 19.5 Å². The van der Waals surface area contributed by atoms with Crippen LogP contribution in [0.3, 0.4) is 0 Å². The Morgan fingerprint density at radius 3 is 1.79 bits per heavy atom. The van der Waals surface area contributed by atoms with Gasteiger partial charge in [0.2, 0.25) is 0 Å². The van der Waals surface area contributed by atoms with E-state index in [9.17, 15) is 8.22 Å². The second-order valence-electron chi connectivity index (χ2n) is 13.7. The lowest BCUT2D eigenvalue weighted by Gasteiger charge is -2.18. The molecule has 12 rings (SSSR count). The second-order valence-corrected chi connectivity index (χ2v) is 14.7. The van der Waals surface area contributed by atoms with Crippen LogP contribution in [0.1, 0.15) is 19.2 Å². The smallest absolute Gasteiger partial charge is 0.164 e. The van der Waals surface area contributed by atoms with E-state index in [4.69, 9.17) is 25.9 Å². The number of para-hydroxylation sites is 1. The van der Waals surface area contributed by atoms with Gasteiger partial charge in [0.15, 0.2) is 17.5 Å². The maximum Gasteiger partial charge on any atom is 0.164 e. The number of rotatable bonds is 5. The van der Waals surface area contributed by atoms with Crippen LogP contribution in [-0.2, 0) is 0 Å². The normalized spacial score (nSPS) is 15.2. The first kappa shape index (κ1) is 21.7. The zero-order chi connectivity index (χ0) is 50.3. The van der Waals surface area contributed by atoms with Crippen molar-refractivity contribution in [1.82, 2.24) is 19.5 Å². The number of hydrogen-bond acceptors (Lipinski definition) is 4. The second kappa shape index (κ2) is 13.1. The molecule has 0 aliphatic carbocycles. The van der Waals surface area contributed by atoms with Gasteiger partial charge < -0.3 is 4.57 Å². The summed E-state index contributed by atoms with van der Waals surface area (Å²) in [4.78, 5) is 14.9. The number of fused-ring (bicyclic) bond motifs is 11. The molecule has 5 heteroatoms. The summed E-state index contributed by atoms with van der Waals surface area (Å²) < 4.78 is 130. The molecule has 270 valence electrons. The Hall–Kier alpha value is -7.47. The molecule has 0 saturated heterocycles. The number of aromatic nitrogens is 4. The molecule has 0 atom stereocenters. The van der Waals surface area contributed by atoms with E-state index in [2.05, 4.69) is 0 Å². The molecule has 58 heavy (non-hydrogen) atoms. The van der Waals surface area contributed by atoms with Crippen LogP contribution in [0.4, 0.5) is 0 Å². The summed E-state index contributed by atoms with van der Waals surface area (Å²) in [5, 5.41) is 1.08. The third-order valence-electron chi connectivity index (χ3n) is 10.4. The molecule has 0 aliphatic heterocycles. The fourth-order valence-electron chi connectivity index (χ4n) is 7.91. The lowest BCUT2D eigenvalue weighted by atomic mass is 9.96. The molecule has 0 N–H and O–H groups in total. The van der Waals surface area contributed by atoms with Crippen molar-refractivity contribution in [2.45, 2.75) is 0 Å². The van der Waals surface area contributed by atoms with Crippen molar-refractivity contribution in [3.8, 4) is 51.0 Å². The van der Waals surface area contributed by atoms with Gasteiger partial charge in [-0.25, -0.2) is 15.0 Å². The van der Waals surface area contributed by atoms with Crippen LogP contribution in [0.2, 0.25) is 0 Å². The zero-order valence-corrected chi connectivity index (χ0v) is 30.9. The fraction of sp³-hybridized carbons (Fsp3) is 0. The Kier molecular flexibility index (Phi) is 4.89. The third kappa shape index (κ3) is 5.04. The molecular weight excluding hydrogens is 725 g/mol. The first-order chi connectivity index (χ1) is 34.5. The molecule has 0 spiro atoms. The van der Waals surface area contributed by atoms with Crippen molar-refractivity contribution in [2.24, 2.45) is 0 Å². The Morgan fingerprint density at radius 2 is 1.05 bits per heavy atom. The van der Waals surface area contributed by atoms with Crippen LogP contribution >= 0.6 is 11.3 Å². The largest absolute Gasteiger partial charge is 0.308 e. The zero-order valence-electron chi connectivity index (χ0n) is 44.1. The molecule has 12 aromatic rings. The summed E-state index contributed by atoms with van der Waals surface area (Å²) in [5.41, 5.74) is 2.96. The molecule has 0 saturated carbocycles. The SMILES string of the molecule is [2H]c1cc2c3cc([2H])c([2H])c([2H])c3c3c(c2c([2H])c1[2H])c1c([2H])c([2H])cc([2H])c1n3-c1ccc(-c2nc(-c3ccccc3)nc(-c3ccccc3)n2)cc1-c1cc([2H])c([2H])c2c1sc1c([2H])cc([2H])c([2H])c12. The molecule has 4 nitrogen and oxygen atoms in total. The van der Waals surface area contributed by atoms with Gasteiger partial charge in [-0.05, 0) is 46.4 Å². The number of nitrogens with zero attached hydrogens (tertiary/aromatic N) is 4. The highest BCUT2D eigenvalue weighted by molar-refractivity contribution is 7.26. The first-order valence-corrected chi connectivity index (χ1v) is 19.2. The van der Waals surface area contributed by atoms with Crippen molar-refractivity contribution in [3.63, 3.8) is 0 Å². The highest BCUT2D eigenvalue weighted by Crippen LogP contribution is 2.47. The van der Waals surface area contributed by atoms with E-state index in [0.717, 1.165) is 11.3 Å². The van der Waals surface area contributed by atoms with Crippen molar-refractivity contribution >= 4 is 74.9 Å². The van der Waals surface area contributed by atoms with E-state index in [-0.39, 0.29) is 126 Å².